The molecule has 0 unspecified atom stereocenters. The van der Waals surface area contributed by atoms with E-state index in [2.05, 4.69) is 11.1 Å². The van der Waals surface area contributed by atoms with Crippen LogP contribution in [0.4, 0.5) is 0 Å². The van der Waals surface area contributed by atoms with Crippen LogP contribution in [-0.2, 0) is 9.53 Å². The molecule has 24 heavy (non-hydrogen) atoms. The van der Waals surface area contributed by atoms with Crippen LogP contribution >= 0.6 is 0 Å². The Bertz CT molecular complexity index is 805. The maximum Gasteiger partial charge on any atom is 0.205 e. The average molecular weight is 326 g/mol. The van der Waals surface area contributed by atoms with Crippen molar-refractivity contribution < 1.29 is 9.53 Å². The number of allylic oxidation sites excluding steroid dienone is 3. The van der Waals surface area contributed by atoms with E-state index in [-0.39, 0.29) is 28.7 Å². The summed E-state index contributed by atoms with van der Waals surface area (Å²) in [5.41, 5.74) is 6.62. The maximum atomic E-state index is 12.9. The molecule has 1 aromatic rings. The summed E-state index contributed by atoms with van der Waals surface area (Å²) in [7, 11) is 0. The minimum atomic E-state index is -0.556. The van der Waals surface area contributed by atoms with Gasteiger partial charge in [-0.1, -0.05) is 13.8 Å². The van der Waals surface area contributed by atoms with Gasteiger partial charge in [0.15, 0.2) is 5.78 Å². The molecular weight excluding hydrogens is 304 g/mol. The van der Waals surface area contributed by atoms with Gasteiger partial charge in [-0.05, 0) is 19.3 Å². The smallest absolute Gasteiger partial charge is 0.205 e. The first-order valence-electron chi connectivity index (χ1n) is 8.11. The van der Waals surface area contributed by atoms with E-state index in [4.69, 9.17) is 10.5 Å². The number of nitrogens with zero attached hydrogens (tertiary/aromatic N) is 3. The Morgan fingerprint density at radius 1 is 1.46 bits per heavy atom. The summed E-state index contributed by atoms with van der Waals surface area (Å²) in [6.07, 6.45) is 4.59. The fourth-order valence-electron chi connectivity index (χ4n) is 3.53. The highest BCUT2D eigenvalue weighted by atomic mass is 16.5. The third-order valence-electron chi connectivity index (χ3n) is 4.59. The molecule has 1 aliphatic carbocycles. The van der Waals surface area contributed by atoms with E-state index < -0.39 is 5.92 Å². The van der Waals surface area contributed by atoms with Gasteiger partial charge in [-0.25, -0.2) is 4.98 Å². The van der Waals surface area contributed by atoms with Gasteiger partial charge in [0.2, 0.25) is 5.88 Å². The molecule has 0 bridgehead atoms. The van der Waals surface area contributed by atoms with Crippen LogP contribution in [0.3, 0.4) is 0 Å². The lowest BCUT2D eigenvalue weighted by Gasteiger charge is -2.37. The van der Waals surface area contributed by atoms with Crippen molar-refractivity contribution in [3.8, 4) is 6.07 Å². The van der Waals surface area contributed by atoms with Gasteiger partial charge in [0.1, 0.15) is 23.2 Å². The minimum absolute atomic E-state index is 0.00445. The molecule has 3 rings (SSSR count). The number of rotatable bonds is 2. The lowest BCUT2D eigenvalue weighted by atomic mass is 9.71. The number of carbonyl (C=O) groups excluding carboxylic acids is 1. The molecule has 2 aliphatic rings. The SMILES string of the molecule is CC(C)n1ccnc1[C@H]1C(C#N)=C(N)OC2=C1C(=O)CC(C)(C)C2. The molecule has 0 saturated carbocycles. The first-order chi connectivity index (χ1) is 11.2. The van der Waals surface area contributed by atoms with Crippen molar-refractivity contribution in [2.75, 3.05) is 0 Å². The summed E-state index contributed by atoms with van der Waals surface area (Å²) >= 11 is 0. The molecule has 0 radical (unpaired) electrons. The normalized spacial score (nSPS) is 23.2. The largest absolute Gasteiger partial charge is 0.444 e. The number of carbonyl (C=O) groups is 1. The number of nitriles is 1. The topological polar surface area (TPSA) is 93.9 Å². The van der Waals surface area contributed by atoms with Crippen LogP contribution in [0.25, 0.3) is 0 Å². The van der Waals surface area contributed by atoms with E-state index in [0.29, 0.717) is 30.0 Å². The average Bonchev–Trinajstić information content (AvgIpc) is 2.93. The zero-order valence-corrected chi connectivity index (χ0v) is 14.5. The fourth-order valence-corrected chi connectivity index (χ4v) is 3.53. The molecule has 2 N–H and O–H groups in total. The predicted octanol–water partition coefficient (Wildman–Crippen LogP) is 2.91. The molecule has 6 nitrogen and oxygen atoms in total. The minimum Gasteiger partial charge on any atom is -0.444 e. The molecule has 1 aromatic heterocycles. The zero-order valence-electron chi connectivity index (χ0n) is 14.5. The highest BCUT2D eigenvalue weighted by Gasteiger charge is 2.44. The number of aromatic nitrogens is 2. The van der Waals surface area contributed by atoms with Gasteiger partial charge < -0.3 is 15.0 Å². The third kappa shape index (κ3) is 2.50. The fraction of sp³-hybridized carbons (Fsp3) is 0.500. The summed E-state index contributed by atoms with van der Waals surface area (Å²) in [5, 5.41) is 9.60. The van der Waals surface area contributed by atoms with Crippen molar-refractivity contribution in [3.63, 3.8) is 0 Å². The van der Waals surface area contributed by atoms with Crippen LogP contribution in [-0.4, -0.2) is 15.3 Å². The Morgan fingerprint density at radius 2 is 2.17 bits per heavy atom. The van der Waals surface area contributed by atoms with Gasteiger partial charge in [0, 0.05) is 36.9 Å². The number of nitrogens with two attached hydrogens (primary N) is 1. The highest BCUT2D eigenvalue weighted by molar-refractivity contribution is 5.99. The molecular formula is C18H22N4O2. The first kappa shape index (κ1) is 16.3. The summed E-state index contributed by atoms with van der Waals surface area (Å²) < 4.78 is 7.66. The van der Waals surface area contributed by atoms with Gasteiger partial charge in [-0.15, -0.1) is 0 Å². The van der Waals surface area contributed by atoms with Crippen LogP contribution in [0.5, 0.6) is 0 Å². The number of hydrogen-bond acceptors (Lipinski definition) is 5. The quantitative estimate of drug-likeness (QED) is 0.901. The van der Waals surface area contributed by atoms with Crippen molar-refractivity contribution in [2.24, 2.45) is 11.1 Å². The van der Waals surface area contributed by atoms with Crippen LogP contribution in [0, 0.1) is 16.7 Å². The van der Waals surface area contributed by atoms with Crippen molar-refractivity contribution >= 4 is 5.78 Å². The highest BCUT2D eigenvalue weighted by Crippen LogP contribution is 2.47. The number of ether oxygens (including phenoxy) is 1. The van der Waals surface area contributed by atoms with Crippen molar-refractivity contribution in [1.82, 2.24) is 9.55 Å². The molecule has 126 valence electrons. The molecule has 6 heteroatoms. The molecule has 1 atom stereocenters. The molecule has 0 saturated heterocycles. The molecule has 1 aliphatic heterocycles. The van der Waals surface area contributed by atoms with E-state index in [1.807, 2.05) is 38.5 Å². The Balaban J connectivity index is 2.21. The summed E-state index contributed by atoms with van der Waals surface area (Å²) in [6, 6.07) is 2.28. The Kier molecular flexibility index (Phi) is 3.75. The van der Waals surface area contributed by atoms with Crippen LogP contribution in [0.15, 0.2) is 35.2 Å². The molecule has 0 fully saturated rings. The number of Topliss-reactive ketones (excluding diaryl/α,β-unsaturated/α-hetero) is 1. The van der Waals surface area contributed by atoms with Gasteiger partial charge >= 0.3 is 0 Å². The first-order valence-corrected chi connectivity index (χ1v) is 8.11. The summed E-state index contributed by atoms with van der Waals surface area (Å²) in [5.74, 6) is 0.763. The Labute approximate surface area is 141 Å². The van der Waals surface area contributed by atoms with E-state index in [9.17, 15) is 10.1 Å². The Hall–Kier alpha value is -2.55. The van der Waals surface area contributed by atoms with Crippen molar-refractivity contribution in [3.05, 3.63) is 41.0 Å². The monoisotopic (exact) mass is 326 g/mol. The van der Waals surface area contributed by atoms with Gasteiger partial charge in [0.05, 0.1) is 5.92 Å². The second-order valence-corrected chi connectivity index (χ2v) is 7.49. The standard InChI is InChI=1S/C18H22N4O2/c1-10(2)22-6-5-21-17(22)14-11(9-19)16(20)24-13-8-18(3,4)7-12(23)15(13)14/h5-6,10,14H,7-8,20H2,1-4H3/t14-/m0/s1. The van der Waals surface area contributed by atoms with Crippen molar-refractivity contribution in [1.29, 1.82) is 5.26 Å². The van der Waals surface area contributed by atoms with E-state index in [1.165, 1.54) is 0 Å². The van der Waals surface area contributed by atoms with E-state index in [1.54, 1.807) is 6.20 Å². The zero-order chi connectivity index (χ0) is 17.6. The van der Waals surface area contributed by atoms with E-state index in [0.717, 1.165) is 0 Å². The Morgan fingerprint density at radius 3 is 2.79 bits per heavy atom. The van der Waals surface area contributed by atoms with Gasteiger partial charge in [-0.2, -0.15) is 5.26 Å². The van der Waals surface area contributed by atoms with Crippen molar-refractivity contribution in [2.45, 2.75) is 52.5 Å². The number of ketones is 1. The lowest BCUT2D eigenvalue weighted by Crippen LogP contribution is -2.34. The summed E-state index contributed by atoms with van der Waals surface area (Å²) in [6.45, 7) is 8.12. The predicted molar refractivity (Wildman–Crippen MR) is 88.3 cm³/mol. The second kappa shape index (κ2) is 5.52. The van der Waals surface area contributed by atoms with E-state index >= 15 is 0 Å². The van der Waals surface area contributed by atoms with Crippen LogP contribution in [0.2, 0.25) is 0 Å². The molecule has 2 heterocycles. The molecule has 0 spiro atoms. The molecule has 0 aromatic carbocycles. The maximum absolute atomic E-state index is 12.9. The van der Waals surface area contributed by atoms with Gasteiger partial charge in [0.25, 0.3) is 0 Å². The van der Waals surface area contributed by atoms with Gasteiger partial charge in [-0.3, -0.25) is 4.79 Å². The molecule has 0 amide bonds. The summed E-state index contributed by atoms with van der Waals surface area (Å²) in [4.78, 5) is 17.3. The van der Waals surface area contributed by atoms with Crippen LogP contribution in [0.1, 0.15) is 58.3 Å². The number of imidazole rings is 1. The third-order valence-corrected chi connectivity index (χ3v) is 4.59. The second-order valence-electron chi connectivity index (χ2n) is 7.49. The lowest BCUT2D eigenvalue weighted by molar-refractivity contribution is -0.119. The van der Waals surface area contributed by atoms with Crippen LogP contribution < -0.4 is 5.73 Å². The number of hydrogen-bond donors (Lipinski definition) is 1.